The first-order chi connectivity index (χ1) is 43.8. The quantitative estimate of drug-likeness (QED) is 0.0331. The molecule has 0 aliphatic heterocycles. The monoisotopic (exact) mass is 1240 g/mol. The van der Waals surface area contributed by atoms with Crippen molar-refractivity contribution in [1.29, 1.82) is 0 Å². The predicted octanol–water partition coefficient (Wildman–Crippen LogP) is 7.87. The average Bonchev–Trinajstić information content (AvgIpc) is 2.69. The Bertz CT molecular complexity index is 2220. The summed E-state index contributed by atoms with van der Waals surface area (Å²) in [5, 5.41) is 8.62. The van der Waals surface area contributed by atoms with Crippen molar-refractivity contribution in [3.05, 3.63) is 137 Å². The summed E-state index contributed by atoms with van der Waals surface area (Å²) in [6.07, 6.45) is 12.8. The number of hydrogen-bond acceptors (Lipinski definition) is 20. The van der Waals surface area contributed by atoms with Crippen LogP contribution in [0.1, 0.15) is 33.4 Å². The third kappa shape index (κ3) is 43.7. The van der Waals surface area contributed by atoms with Crippen LogP contribution in [0.2, 0.25) is 0 Å². The van der Waals surface area contributed by atoms with Crippen molar-refractivity contribution in [3.63, 3.8) is 0 Å². The van der Waals surface area contributed by atoms with E-state index in [-0.39, 0.29) is 6.61 Å². The number of rotatable bonds is 63. The SMILES string of the molecule is OCCOCCOCCOCCOCCOCCOCCOCCOCCOCCOCCOCCOCCOCCOCCOCCOCCOCCOCCOc1ccc(C=Cc2ccccc2)c(C=Cc2ccccc2)c1C=Cc1ccccc1. The summed E-state index contributed by atoms with van der Waals surface area (Å²) in [6, 6.07) is 35.0. The van der Waals surface area contributed by atoms with Gasteiger partial charge in [0.25, 0.3) is 0 Å². The van der Waals surface area contributed by atoms with Gasteiger partial charge in [-0.1, -0.05) is 134 Å². The lowest BCUT2D eigenvalue weighted by atomic mass is 9.96. The molecule has 0 heterocycles. The van der Waals surface area contributed by atoms with Gasteiger partial charge in [0.15, 0.2) is 0 Å². The molecular formula is C68H100O20. The zero-order valence-corrected chi connectivity index (χ0v) is 51.9. The van der Waals surface area contributed by atoms with E-state index >= 15 is 0 Å². The highest BCUT2D eigenvalue weighted by Gasteiger charge is 2.11. The van der Waals surface area contributed by atoms with E-state index in [0.29, 0.717) is 244 Å². The van der Waals surface area contributed by atoms with E-state index in [2.05, 4.69) is 78.9 Å². The minimum atomic E-state index is 0.0177. The molecule has 1 N–H and O–H groups in total. The number of hydrogen-bond donors (Lipinski definition) is 1. The first-order valence-corrected chi connectivity index (χ1v) is 30.8. The van der Waals surface area contributed by atoms with Crippen LogP contribution in [0.3, 0.4) is 0 Å². The molecule has 4 aromatic rings. The topological polar surface area (TPSA) is 196 Å². The molecule has 0 amide bonds. The third-order valence-corrected chi connectivity index (χ3v) is 12.1. The van der Waals surface area contributed by atoms with Crippen LogP contribution in [0.25, 0.3) is 36.5 Å². The summed E-state index contributed by atoms with van der Waals surface area (Å²) in [7, 11) is 0. The lowest BCUT2D eigenvalue weighted by molar-refractivity contribution is -0.0311. The second-order valence-electron chi connectivity index (χ2n) is 18.8. The molecule has 0 radical (unpaired) electrons. The first kappa shape index (κ1) is 75.6. The molecule has 0 atom stereocenters. The van der Waals surface area contributed by atoms with Crippen LogP contribution in [-0.4, -0.2) is 256 Å². The molecule has 20 heteroatoms. The normalized spacial score (nSPS) is 11.8. The smallest absolute Gasteiger partial charge is 0.127 e. The first-order valence-electron chi connectivity index (χ1n) is 30.8. The Morgan fingerprint density at radius 3 is 0.670 bits per heavy atom. The standard InChI is InChI=1S/C68H100O20/c69-24-25-70-26-27-71-28-29-72-30-31-73-32-33-74-34-35-75-36-37-76-38-39-77-40-41-78-42-43-79-44-45-80-46-47-81-48-49-82-50-51-83-52-53-84-54-55-85-56-57-86-58-59-87-60-61-88-68-23-20-65(19-16-62-10-4-1-5-11-62)66(21-17-63-12-6-2-7-13-63)67(68)22-18-64-14-8-3-9-15-64/h1-23,69H,24-61H2. The lowest BCUT2D eigenvalue weighted by Crippen LogP contribution is -2.16. The van der Waals surface area contributed by atoms with Crippen LogP contribution in [0.5, 0.6) is 5.75 Å². The summed E-state index contributed by atoms with van der Waals surface area (Å²) >= 11 is 0. The van der Waals surface area contributed by atoms with Gasteiger partial charge in [-0.05, 0) is 33.9 Å². The number of benzene rings is 4. The molecule has 0 bridgehead atoms. The largest absolute Gasteiger partial charge is 0.491 e. The molecule has 0 unspecified atom stereocenters. The Kier molecular flexibility index (Phi) is 50.3. The van der Waals surface area contributed by atoms with Gasteiger partial charge in [-0.2, -0.15) is 0 Å². The Labute approximate surface area is 523 Å². The van der Waals surface area contributed by atoms with Crippen molar-refractivity contribution in [2.24, 2.45) is 0 Å². The molecule has 0 saturated heterocycles. The van der Waals surface area contributed by atoms with Crippen molar-refractivity contribution in [3.8, 4) is 5.75 Å². The van der Waals surface area contributed by atoms with Crippen molar-refractivity contribution in [1.82, 2.24) is 0 Å². The minimum Gasteiger partial charge on any atom is -0.491 e. The van der Waals surface area contributed by atoms with Gasteiger partial charge in [0, 0.05) is 5.56 Å². The molecular weight excluding hydrogens is 1140 g/mol. The van der Waals surface area contributed by atoms with Gasteiger partial charge in [0.1, 0.15) is 12.4 Å². The van der Waals surface area contributed by atoms with Crippen molar-refractivity contribution >= 4 is 36.5 Å². The fourth-order valence-corrected chi connectivity index (χ4v) is 7.62. The highest BCUT2D eigenvalue weighted by Crippen LogP contribution is 2.31. The van der Waals surface area contributed by atoms with Crippen LogP contribution in [0, 0.1) is 0 Å². The van der Waals surface area contributed by atoms with E-state index in [9.17, 15) is 0 Å². The zero-order chi connectivity index (χ0) is 61.6. The average molecular weight is 1240 g/mol. The number of aliphatic hydroxyl groups excluding tert-OH is 1. The highest BCUT2D eigenvalue weighted by atomic mass is 16.6. The van der Waals surface area contributed by atoms with Gasteiger partial charge >= 0.3 is 0 Å². The Morgan fingerprint density at radius 2 is 0.420 bits per heavy atom. The molecule has 20 nitrogen and oxygen atoms in total. The van der Waals surface area contributed by atoms with Gasteiger partial charge in [-0.25, -0.2) is 0 Å². The predicted molar refractivity (Wildman–Crippen MR) is 340 cm³/mol. The van der Waals surface area contributed by atoms with E-state index < -0.39 is 0 Å². The van der Waals surface area contributed by atoms with Crippen LogP contribution in [0.4, 0.5) is 0 Å². The number of ether oxygens (including phenoxy) is 19. The summed E-state index contributed by atoms with van der Waals surface area (Å²) in [6.45, 7) is 17.5. The molecule has 4 aromatic carbocycles. The van der Waals surface area contributed by atoms with Gasteiger partial charge < -0.3 is 95.1 Å². The van der Waals surface area contributed by atoms with E-state index in [1.165, 1.54) is 0 Å². The molecule has 0 saturated carbocycles. The highest BCUT2D eigenvalue weighted by molar-refractivity contribution is 5.87. The molecule has 0 fully saturated rings. The van der Waals surface area contributed by atoms with Gasteiger partial charge in [0.05, 0.1) is 244 Å². The third-order valence-electron chi connectivity index (χ3n) is 12.1. The molecule has 0 aliphatic rings. The van der Waals surface area contributed by atoms with E-state index in [4.69, 9.17) is 95.1 Å². The van der Waals surface area contributed by atoms with E-state index in [1.54, 1.807) is 0 Å². The van der Waals surface area contributed by atoms with E-state index in [1.807, 2.05) is 60.7 Å². The van der Waals surface area contributed by atoms with Gasteiger partial charge in [-0.3, -0.25) is 0 Å². The maximum absolute atomic E-state index is 8.62. The fourth-order valence-electron chi connectivity index (χ4n) is 7.62. The summed E-state index contributed by atoms with van der Waals surface area (Å²) in [4.78, 5) is 0. The van der Waals surface area contributed by atoms with Gasteiger partial charge in [0.2, 0.25) is 0 Å². The maximum Gasteiger partial charge on any atom is 0.127 e. The second kappa shape index (κ2) is 58.5. The second-order valence-corrected chi connectivity index (χ2v) is 18.8. The van der Waals surface area contributed by atoms with E-state index in [0.717, 1.165) is 39.1 Å². The Balaban J connectivity index is 0.826. The summed E-state index contributed by atoms with van der Waals surface area (Å²) in [5.74, 6) is 0.778. The molecule has 0 aliphatic carbocycles. The molecule has 88 heavy (non-hydrogen) atoms. The minimum absolute atomic E-state index is 0.0177. The van der Waals surface area contributed by atoms with Gasteiger partial charge in [-0.15, -0.1) is 0 Å². The van der Waals surface area contributed by atoms with Crippen molar-refractivity contribution < 1.29 is 95.1 Å². The zero-order valence-electron chi connectivity index (χ0n) is 51.9. The fraction of sp³-hybridized carbons (Fsp3) is 0.559. The lowest BCUT2D eigenvalue weighted by Gasteiger charge is -2.15. The Hall–Kier alpha value is -4.86. The number of aliphatic hydroxyl groups is 1. The summed E-state index contributed by atoms with van der Waals surface area (Å²) in [5.41, 5.74) is 6.47. The summed E-state index contributed by atoms with van der Waals surface area (Å²) < 4.78 is 106. The Morgan fingerprint density at radius 1 is 0.205 bits per heavy atom. The molecule has 0 spiro atoms. The van der Waals surface area contributed by atoms with Crippen LogP contribution in [0.15, 0.2) is 103 Å². The van der Waals surface area contributed by atoms with Crippen molar-refractivity contribution in [2.75, 3.05) is 251 Å². The molecule has 492 valence electrons. The van der Waals surface area contributed by atoms with Crippen LogP contribution >= 0.6 is 0 Å². The van der Waals surface area contributed by atoms with Crippen LogP contribution < -0.4 is 4.74 Å². The van der Waals surface area contributed by atoms with Crippen LogP contribution in [-0.2, 0) is 85.3 Å². The molecule has 0 aromatic heterocycles. The molecule has 4 rings (SSSR count). The maximum atomic E-state index is 8.62. The van der Waals surface area contributed by atoms with Crippen molar-refractivity contribution in [2.45, 2.75) is 0 Å².